The van der Waals surface area contributed by atoms with E-state index in [0.717, 1.165) is 24.4 Å². The second-order valence-electron chi connectivity index (χ2n) is 8.76. The Morgan fingerprint density at radius 2 is 2.00 bits per heavy atom. The Hall–Kier alpha value is -3.40. The lowest BCUT2D eigenvalue weighted by atomic mass is 9.71. The van der Waals surface area contributed by atoms with Gasteiger partial charge >= 0.3 is 0 Å². The lowest BCUT2D eigenvalue weighted by Crippen LogP contribution is -2.49. The molecule has 4 N–H and O–H groups in total. The molecule has 0 atom stereocenters. The van der Waals surface area contributed by atoms with Gasteiger partial charge in [0.2, 0.25) is 0 Å². The van der Waals surface area contributed by atoms with E-state index in [9.17, 15) is 13.9 Å². The van der Waals surface area contributed by atoms with Crippen LogP contribution >= 0.6 is 0 Å². The Labute approximate surface area is 188 Å². The normalized spacial score (nSPS) is 23.2. The molecule has 2 saturated carbocycles. The van der Waals surface area contributed by atoms with Crippen molar-refractivity contribution in [2.45, 2.75) is 49.0 Å². The Kier molecular flexibility index (Phi) is 5.12. The van der Waals surface area contributed by atoms with Crippen molar-refractivity contribution < 1.29 is 18.6 Å². The second-order valence-corrected chi connectivity index (χ2v) is 8.76. The predicted molar refractivity (Wildman–Crippen MR) is 118 cm³/mol. The quantitative estimate of drug-likeness (QED) is 0.385. The molecule has 2 fully saturated rings. The predicted octanol–water partition coefficient (Wildman–Crippen LogP) is 3.77. The number of halogens is 2. The van der Waals surface area contributed by atoms with E-state index in [1.165, 1.54) is 12.5 Å². The molecule has 0 unspecified atom stereocenters. The summed E-state index contributed by atoms with van der Waals surface area (Å²) in [5, 5.41) is 17.7. The Morgan fingerprint density at radius 1 is 1.21 bits per heavy atom. The average molecular weight is 454 g/mol. The second kappa shape index (κ2) is 7.87. The molecule has 8 nitrogen and oxygen atoms in total. The summed E-state index contributed by atoms with van der Waals surface area (Å²) in [5.74, 6) is -0.472. The molecule has 0 spiro atoms. The molecule has 1 aromatic carbocycles. The number of hydrogen-bond acceptors (Lipinski definition) is 6. The van der Waals surface area contributed by atoms with Crippen LogP contribution in [0.25, 0.3) is 11.4 Å². The summed E-state index contributed by atoms with van der Waals surface area (Å²) in [5.41, 5.74) is 6.63. The van der Waals surface area contributed by atoms with Gasteiger partial charge in [-0.15, -0.1) is 0 Å². The lowest BCUT2D eigenvalue weighted by molar-refractivity contribution is -0.210. The van der Waals surface area contributed by atoms with Crippen molar-refractivity contribution in [1.82, 2.24) is 20.2 Å². The molecule has 2 aromatic heterocycles. The summed E-state index contributed by atoms with van der Waals surface area (Å²) in [6, 6.07) is 9.03. The number of hydrogen-bond donors (Lipinski definition) is 3. The van der Waals surface area contributed by atoms with Gasteiger partial charge < -0.3 is 15.6 Å². The minimum Gasteiger partial charge on any atom is -0.494 e. The van der Waals surface area contributed by atoms with Gasteiger partial charge in [0, 0.05) is 42.1 Å². The van der Waals surface area contributed by atoms with Crippen LogP contribution in [0.3, 0.4) is 0 Å². The molecule has 2 aliphatic rings. The van der Waals surface area contributed by atoms with E-state index in [0.29, 0.717) is 28.4 Å². The first kappa shape index (κ1) is 21.4. The molecule has 172 valence electrons. The molecule has 0 aliphatic heterocycles. The summed E-state index contributed by atoms with van der Waals surface area (Å²) < 4.78 is 31.7. The van der Waals surface area contributed by atoms with E-state index in [1.54, 1.807) is 19.2 Å². The number of para-hydroxylation sites is 1. The highest BCUT2D eigenvalue weighted by molar-refractivity contribution is 5.79. The number of aliphatic hydroxyl groups is 1. The van der Waals surface area contributed by atoms with Gasteiger partial charge in [0.25, 0.3) is 5.92 Å². The van der Waals surface area contributed by atoms with Crippen LogP contribution in [-0.4, -0.2) is 44.6 Å². The van der Waals surface area contributed by atoms with Gasteiger partial charge in [0.05, 0.1) is 19.0 Å². The summed E-state index contributed by atoms with van der Waals surface area (Å²) in [6.45, 7) is 0. The maximum absolute atomic E-state index is 13.2. The Bertz CT molecular complexity index is 1180. The number of pyridine rings is 1. The van der Waals surface area contributed by atoms with Gasteiger partial charge in [0.15, 0.2) is 5.82 Å². The number of aliphatic imine (C=N–C) groups is 1. The summed E-state index contributed by atoms with van der Waals surface area (Å²) in [7, 11) is 1.56. The van der Waals surface area contributed by atoms with E-state index in [2.05, 4.69) is 25.2 Å². The number of aromatic amines is 1. The molecule has 2 heterocycles. The first-order valence-electron chi connectivity index (χ1n) is 10.7. The van der Waals surface area contributed by atoms with Crippen molar-refractivity contribution in [3.05, 3.63) is 53.6 Å². The van der Waals surface area contributed by atoms with E-state index in [1.807, 2.05) is 18.2 Å². The lowest BCUT2D eigenvalue weighted by Gasteiger charge is -2.43. The zero-order valence-corrected chi connectivity index (χ0v) is 18.0. The van der Waals surface area contributed by atoms with Gasteiger partial charge in [-0.3, -0.25) is 10.1 Å². The zero-order valence-electron chi connectivity index (χ0n) is 18.0. The number of ether oxygens (including phenoxy) is 1. The molecule has 0 saturated heterocycles. The van der Waals surface area contributed by atoms with Crippen LogP contribution in [0.2, 0.25) is 0 Å². The summed E-state index contributed by atoms with van der Waals surface area (Å²) >= 11 is 0. The number of nitrogens with zero attached hydrogens (tertiary/aromatic N) is 4. The van der Waals surface area contributed by atoms with Crippen LogP contribution < -0.4 is 10.5 Å². The van der Waals surface area contributed by atoms with Crippen molar-refractivity contribution >= 4 is 12.0 Å². The molecule has 0 amide bonds. The number of alkyl halides is 2. The fourth-order valence-electron chi connectivity index (χ4n) is 4.67. The highest BCUT2D eigenvalue weighted by Crippen LogP contribution is 2.52. The standard InChI is InChI=1S/C23H24F2N6O2/c1-33-18-4-2-3-16(19(18)28-12-26)21-29-20(30-31-21)14-7-13(8-14)17-6-5-15(9-27-17)22(32)10-23(24,25)11-22/h2-6,9,12-14,32H,7-8,10-11H2,1H3,(H2,26,28)(H,29,30,31). The highest BCUT2D eigenvalue weighted by Gasteiger charge is 2.56. The third-order valence-corrected chi connectivity index (χ3v) is 6.54. The fourth-order valence-corrected chi connectivity index (χ4v) is 4.67. The van der Waals surface area contributed by atoms with Crippen LogP contribution in [-0.2, 0) is 5.60 Å². The number of aromatic nitrogens is 4. The number of methoxy groups -OCH3 is 1. The molecular weight excluding hydrogens is 430 g/mol. The van der Waals surface area contributed by atoms with Gasteiger partial charge in [-0.1, -0.05) is 12.1 Å². The molecule has 0 radical (unpaired) electrons. The van der Waals surface area contributed by atoms with E-state index < -0.39 is 24.4 Å². The maximum Gasteiger partial charge on any atom is 0.254 e. The number of H-pyrrole nitrogens is 1. The fraction of sp³-hybridized carbons (Fsp3) is 0.391. The number of nitrogens with one attached hydrogen (secondary N) is 1. The van der Waals surface area contributed by atoms with Gasteiger partial charge in [-0.2, -0.15) is 5.10 Å². The maximum atomic E-state index is 13.2. The van der Waals surface area contributed by atoms with Crippen LogP contribution in [0.5, 0.6) is 5.75 Å². The smallest absolute Gasteiger partial charge is 0.254 e. The third kappa shape index (κ3) is 3.84. The Morgan fingerprint density at radius 3 is 2.64 bits per heavy atom. The van der Waals surface area contributed by atoms with Crippen molar-refractivity contribution in [2.75, 3.05) is 7.11 Å². The molecule has 5 rings (SSSR count). The molecular formula is C23H24F2N6O2. The first-order valence-corrected chi connectivity index (χ1v) is 10.7. The van der Waals surface area contributed by atoms with Crippen LogP contribution in [0.15, 0.2) is 41.5 Å². The number of nitrogens with two attached hydrogens (primary N) is 1. The minimum atomic E-state index is -2.80. The molecule has 10 heteroatoms. The monoisotopic (exact) mass is 454 g/mol. The first-order chi connectivity index (χ1) is 15.8. The van der Waals surface area contributed by atoms with Crippen molar-refractivity contribution in [1.29, 1.82) is 0 Å². The van der Waals surface area contributed by atoms with Crippen LogP contribution in [0.4, 0.5) is 14.5 Å². The summed E-state index contributed by atoms with van der Waals surface area (Å²) in [4.78, 5) is 13.3. The van der Waals surface area contributed by atoms with Gasteiger partial charge in [-0.25, -0.2) is 18.8 Å². The topological polar surface area (TPSA) is 122 Å². The summed E-state index contributed by atoms with van der Waals surface area (Å²) in [6.07, 6.45) is 3.31. The minimum absolute atomic E-state index is 0.208. The third-order valence-electron chi connectivity index (χ3n) is 6.54. The van der Waals surface area contributed by atoms with E-state index in [4.69, 9.17) is 10.5 Å². The van der Waals surface area contributed by atoms with Crippen molar-refractivity contribution in [2.24, 2.45) is 10.7 Å². The largest absolute Gasteiger partial charge is 0.494 e. The van der Waals surface area contributed by atoms with Crippen LogP contribution in [0.1, 0.15) is 54.6 Å². The number of rotatable bonds is 6. The molecule has 0 bridgehead atoms. The average Bonchev–Trinajstić information content (AvgIpc) is 3.21. The highest BCUT2D eigenvalue weighted by atomic mass is 19.3. The SMILES string of the molecule is COc1cccc(-c2n[nH]c(C3CC(c4ccc(C5(O)CC(F)(F)C5)cn4)C3)n2)c1N=CN. The molecule has 3 aromatic rings. The Balaban J connectivity index is 1.26. The number of benzene rings is 1. The van der Waals surface area contributed by atoms with E-state index >= 15 is 0 Å². The molecule has 33 heavy (non-hydrogen) atoms. The van der Waals surface area contributed by atoms with Crippen molar-refractivity contribution in [3.63, 3.8) is 0 Å². The zero-order chi connectivity index (χ0) is 23.2. The van der Waals surface area contributed by atoms with Gasteiger partial charge in [0.1, 0.15) is 22.9 Å². The van der Waals surface area contributed by atoms with Crippen molar-refractivity contribution in [3.8, 4) is 17.1 Å². The van der Waals surface area contributed by atoms with Gasteiger partial charge in [-0.05, 0) is 31.0 Å². The van der Waals surface area contributed by atoms with Crippen LogP contribution in [0, 0.1) is 0 Å². The van der Waals surface area contributed by atoms with E-state index in [-0.39, 0.29) is 11.8 Å². The molecule has 2 aliphatic carbocycles.